The van der Waals surface area contributed by atoms with Gasteiger partial charge in [0.15, 0.2) is 17.0 Å². The quantitative estimate of drug-likeness (QED) is 0.487. The molecule has 1 atom stereocenters. The predicted molar refractivity (Wildman–Crippen MR) is 113 cm³/mol. The van der Waals surface area contributed by atoms with E-state index in [1.54, 1.807) is 23.4 Å². The number of rotatable bonds is 6. The van der Waals surface area contributed by atoms with E-state index in [9.17, 15) is 4.79 Å². The van der Waals surface area contributed by atoms with Crippen LogP contribution in [0.15, 0.2) is 41.1 Å². The van der Waals surface area contributed by atoms with Crippen molar-refractivity contribution >= 4 is 38.8 Å². The number of furan rings is 1. The summed E-state index contributed by atoms with van der Waals surface area (Å²) >= 11 is 1.43. The third kappa shape index (κ3) is 3.79. The minimum Gasteiger partial charge on any atom is -0.458 e. The van der Waals surface area contributed by atoms with Crippen LogP contribution in [-0.4, -0.2) is 45.0 Å². The Hall–Kier alpha value is -3.24. The zero-order valence-corrected chi connectivity index (χ0v) is 16.9. The van der Waals surface area contributed by atoms with E-state index in [1.807, 2.05) is 18.2 Å². The van der Waals surface area contributed by atoms with Crippen LogP contribution in [0, 0.1) is 0 Å². The molecule has 1 saturated heterocycles. The van der Waals surface area contributed by atoms with Crippen molar-refractivity contribution in [3.8, 4) is 10.9 Å². The van der Waals surface area contributed by atoms with E-state index >= 15 is 0 Å². The number of nitrogens with two attached hydrogens (primary N) is 1. The molecule has 1 fully saturated rings. The first-order valence-electron chi connectivity index (χ1n) is 9.70. The topological polar surface area (TPSA) is 119 Å². The molecule has 0 radical (unpaired) electrons. The minimum absolute atomic E-state index is 0.133. The smallest absolute Gasteiger partial charge is 0.315 e. The Morgan fingerprint density at radius 1 is 1.40 bits per heavy atom. The van der Waals surface area contributed by atoms with Crippen molar-refractivity contribution in [3.05, 3.63) is 42.4 Å². The van der Waals surface area contributed by atoms with Crippen LogP contribution in [0.5, 0.6) is 10.9 Å². The Morgan fingerprint density at radius 3 is 3.20 bits per heavy atom. The van der Waals surface area contributed by atoms with Gasteiger partial charge in [0.1, 0.15) is 11.3 Å². The lowest BCUT2D eigenvalue weighted by atomic mass is 10.2. The normalized spacial score (nSPS) is 16.5. The van der Waals surface area contributed by atoms with Gasteiger partial charge in [0.25, 0.3) is 5.19 Å². The van der Waals surface area contributed by atoms with Gasteiger partial charge in [-0.2, -0.15) is 4.98 Å². The molecule has 0 aromatic carbocycles. The number of urea groups is 1. The van der Waals surface area contributed by atoms with Gasteiger partial charge in [-0.1, -0.05) is 11.3 Å². The van der Waals surface area contributed by atoms with Gasteiger partial charge < -0.3 is 25.1 Å². The van der Waals surface area contributed by atoms with E-state index < -0.39 is 0 Å². The van der Waals surface area contributed by atoms with Crippen molar-refractivity contribution in [2.75, 3.05) is 13.1 Å². The number of aromatic nitrogens is 3. The molecule has 5 heterocycles. The number of fused-ring (bicyclic) bond motifs is 2. The molecular weight excluding hydrogens is 404 g/mol. The SMILES string of the molecule is NC(=O)N1CCCC1CNCc1cc2ncc(Oc3nc4ncccc4s3)cc2o1. The van der Waals surface area contributed by atoms with Crippen molar-refractivity contribution < 1.29 is 13.9 Å². The number of pyridine rings is 2. The van der Waals surface area contributed by atoms with E-state index in [-0.39, 0.29) is 12.1 Å². The molecule has 0 bridgehead atoms. The summed E-state index contributed by atoms with van der Waals surface area (Å²) in [6.45, 7) is 1.94. The molecule has 1 aliphatic heterocycles. The highest BCUT2D eigenvalue weighted by molar-refractivity contribution is 7.20. The molecule has 9 nitrogen and oxygen atoms in total. The zero-order valence-electron chi connectivity index (χ0n) is 16.1. The molecule has 5 rings (SSSR count). The van der Waals surface area contributed by atoms with Crippen LogP contribution in [0.25, 0.3) is 21.4 Å². The van der Waals surface area contributed by atoms with Crippen LogP contribution in [-0.2, 0) is 6.54 Å². The highest BCUT2D eigenvalue weighted by Gasteiger charge is 2.26. The van der Waals surface area contributed by atoms with E-state index in [0.717, 1.165) is 35.4 Å². The number of thiazole rings is 1. The minimum atomic E-state index is -0.358. The number of hydrogen-bond donors (Lipinski definition) is 2. The number of primary amides is 1. The second-order valence-electron chi connectivity index (χ2n) is 7.13. The van der Waals surface area contributed by atoms with Crippen molar-refractivity contribution in [1.29, 1.82) is 0 Å². The number of carbonyl (C=O) groups is 1. The predicted octanol–water partition coefficient (Wildman–Crippen LogP) is 3.26. The number of nitrogens with one attached hydrogen (secondary N) is 1. The van der Waals surface area contributed by atoms with Crippen LogP contribution in [0.1, 0.15) is 18.6 Å². The lowest BCUT2D eigenvalue weighted by Crippen LogP contribution is -2.44. The summed E-state index contributed by atoms with van der Waals surface area (Å²) in [6, 6.07) is 7.30. The average Bonchev–Trinajstić information content (AvgIpc) is 3.44. The largest absolute Gasteiger partial charge is 0.458 e. The van der Waals surface area contributed by atoms with Gasteiger partial charge >= 0.3 is 6.03 Å². The highest BCUT2D eigenvalue weighted by Crippen LogP contribution is 2.31. The van der Waals surface area contributed by atoms with Gasteiger partial charge in [0, 0.05) is 37.5 Å². The molecule has 10 heteroatoms. The number of ether oxygens (including phenoxy) is 1. The summed E-state index contributed by atoms with van der Waals surface area (Å²) in [7, 11) is 0. The molecule has 0 spiro atoms. The third-order valence-electron chi connectivity index (χ3n) is 5.09. The number of hydrogen-bond acceptors (Lipinski definition) is 8. The Labute approximate surface area is 175 Å². The second-order valence-corrected chi connectivity index (χ2v) is 8.13. The van der Waals surface area contributed by atoms with E-state index in [0.29, 0.717) is 35.3 Å². The Kier molecular flexibility index (Phi) is 4.93. The van der Waals surface area contributed by atoms with Crippen LogP contribution < -0.4 is 15.8 Å². The van der Waals surface area contributed by atoms with Crippen molar-refractivity contribution in [2.24, 2.45) is 5.73 Å². The van der Waals surface area contributed by atoms with Crippen LogP contribution >= 0.6 is 11.3 Å². The first-order valence-corrected chi connectivity index (χ1v) is 10.5. The van der Waals surface area contributed by atoms with Crippen molar-refractivity contribution in [3.63, 3.8) is 0 Å². The zero-order chi connectivity index (χ0) is 20.5. The lowest BCUT2D eigenvalue weighted by molar-refractivity contribution is 0.201. The van der Waals surface area contributed by atoms with Crippen molar-refractivity contribution in [2.45, 2.75) is 25.4 Å². The van der Waals surface area contributed by atoms with E-state index in [4.69, 9.17) is 14.9 Å². The Balaban J connectivity index is 1.24. The molecule has 154 valence electrons. The molecule has 30 heavy (non-hydrogen) atoms. The molecule has 0 aliphatic carbocycles. The fraction of sp³-hybridized carbons (Fsp3) is 0.300. The maximum atomic E-state index is 11.5. The number of amides is 2. The standard InChI is InChI=1S/C20H20N6O3S/c21-19(27)26-6-2-3-12(26)9-22-10-13-7-15-16(28-13)8-14(11-24-15)29-20-25-18-17(30-20)4-1-5-23-18/h1,4-5,7-8,11-12,22H,2-3,6,9-10H2,(H2,21,27). The van der Waals surface area contributed by atoms with Gasteiger partial charge in [-0.25, -0.2) is 14.8 Å². The fourth-order valence-electron chi connectivity index (χ4n) is 3.69. The summed E-state index contributed by atoms with van der Waals surface area (Å²) in [5, 5.41) is 3.85. The van der Waals surface area contributed by atoms with Gasteiger partial charge in [0.05, 0.1) is 17.4 Å². The van der Waals surface area contributed by atoms with Crippen LogP contribution in [0.2, 0.25) is 0 Å². The molecule has 0 saturated carbocycles. The van der Waals surface area contributed by atoms with E-state index in [2.05, 4.69) is 20.3 Å². The van der Waals surface area contributed by atoms with Crippen LogP contribution in [0.3, 0.4) is 0 Å². The van der Waals surface area contributed by atoms with Gasteiger partial charge in [-0.15, -0.1) is 0 Å². The summed E-state index contributed by atoms with van der Waals surface area (Å²) < 4.78 is 12.7. The van der Waals surface area contributed by atoms with Gasteiger partial charge in [-0.05, 0) is 25.0 Å². The van der Waals surface area contributed by atoms with Gasteiger partial charge in [0.2, 0.25) is 0 Å². The van der Waals surface area contributed by atoms with Gasteiger partial charge in [-0.3, -0.25) is 0 Å². The molecule has 4 aromatic rings. The molecule has 4 aromatic heterocycles. The summed E-state index contributed by atoms with van der Waals surface area (Å²) in [5.74, 6) is 1.32. The fourth-order valence-corrected chi connectivity index (χ4v) is 4.48. The summed E-state index contributed by atoms with van der Waals surface area (Å²) in [6.07, 6.45) is 5.30. The molecule has 2 amide bonds. The molecule has 3 N–H and O–H groups in total. The number of nitrogens with zero attached hydrogens (tertiary/aromatic N) is 4. The summed E-state index contributed by atoms with van der Waals surface area (Å²) in [4.78, 5) is 26.2. The summed E-state index contributed by atoms with van der Waals surface area (Å²) in [5.41, 5.74) is 7.48. The lowest BCUT2D eigenvalue weighted by Gasteiger charge is -2.22. The Morgan fingerprint density at radius 2 is 2.33 bits per heavy atom. The molecule has 1 unspecified atom stereocenters. The van der Waals surface area contributed by atoms with Crippen molar-refractivity contribution in [1.82, 2.24) is 25.2 Å². The first-order chi connectivity index (χ1) is 14.7. The number of likely N-dealkylation sites (tertiary alicyclic amines) is 1. The third-order valence-corrected chi connectivity index (χ3v) is 5.97. The Bertz CT molecular complexity index is 1170. The van der Waals surface area contributed by atoms with E-state index in [1.165, 1.54) is 11.3 Å². The van der Waals surface area contributed by atoms with Crippen LogP contribution in [0.4, 0.5) is 4.79 Å². The first kappa shape index (κ1) is 18.8. The molecular formula is C20H20N6O3S. The maximum absolute atomic E-state index is 11.5. The highest BCUT2D eigenvalue weighted by atomic mass is 32.1. The number of carbonyl (C=O) groups excluding carboxylic acids is 1. The second kappa shape index (κ2) is 7.88. The monoisotopic (exact) mass is 424 g/mol. The molecule has 1 aliphatic rings. The maximum Gasteiger partial charge on any atom is 0.315 e. The average molecular weight is 424 g/mol.